The van der Waals surface area contributed by atoms with Gasteiger partial charge in [-0.1, -0.05) is 0 Å². The molecule has 0 aliphatic carbocycles. The standard InChI is InChI=1S/C10H14N2O2/c1-13-10-7-8(3-4-9(10)11)12-5-2-6-14-12/h3-4,7H,2,5-6,11H2,1H3. The number of ether oxygens (including phenoxy) is 1. The Bertz CT molecular complexity index is 322. The van der Waals surface area contributed by atoms with Crippen molar-refractivity contribution in [3.63, 3.8) is 0 Å². The number of nitrogens with two attached hydrogens (primary N) is 1. The van der Waals surface area contributed by atoms with E-state index in [0.717, 1.165) is 25.3 Å². The second kappa shape index (κ2) is 3.75. The molecule has 76 valence electrons. The highest BCUT2D eigenvalue weighted by Gasteiger charge is 2.14. The molecule has 0 radical (unpaired) electrons. The molecule has 0 amide bonds. The largest absolute Gasteiger partial charge is 0.495 e. The van der Waals surface area contributed by atoms with Crippen molar-refractivity contribution in [2.45, 2.75) is 6.42 Å². The summed E-state index contributed by atoms with van der Waals surface area (Å²) < 4.78 is 5.14. The Morgan fingerprint density at radius 2 is 2.36 bits per heavy atom. The molecule has 1 aromatic carbocycles. The molecule has 0 spiro atoms. The van der Waals surface area contributed by atoms with Gasteiger partial charge in [0, 0.05) is 12.6 Å². The summed E-state index contributed by atoms with van der Waals surface area (Å²) in [6.45, 7) is 1.71. The average Bonchev–Trinajstić information content (AvgIpc) is 2.71. The number of hydroxylamine groups is 1. The lowest BCUT2D eigenvalue weighted by Gasteiger charge is -2.17. The third-order valence-electron chi connectivity index (χ3n) is 2.26. The Labute approximate surface area is 83.2 Å². The molecule has 1 fully saturated rings. The second-order valence-electron chi connectivity index (χ2n) is 3.22. The number of benzene rings is 1. The molecule has 2 N–H and O–H groups in total. The molecule has 1 aliphatic heterocycles. The average molecular weight is 194 g/mol. The van der Waals surface area contributed by atoms with Crippen LogP contribution in [0, 0.1) is 0 Å². The van der Waals surface area contributed by atoms with Gasteiger partial charge < -0.3 is 10.5 Å². The Morgan fingerprint density at radius 1 is 1.50 bits per heavy atom. The predicted molar refractivity (Wildman–Crippen MR) is 55.3 cm³/mol. The Hall–Kier alpha value is -1.42. The van der Waals surface area contributed by atoms with E-state index in [1.54, 1.807) is 7.11 Å². The van der Waals surface area contributed by atoms with E-state index in [-0.39, 0.29) is 0 Å². The summed E-state index contributed by atoms with van der Waals surface area (Å²) in [5.41, 5.74) is 7.36. The van der Waals surface area contributed by atoms with E-state index in [4.69, 9.17) is 15.3 Å². The molecule has 0 unspecified atom stereocenters. The van der Waals surface area contributed by atoms with E-state index in [0.29, 0.717) is 11.4 Å². The number of anilines is 2. The molecule has 0 aromatic heterocycles. The molecule has 1 aromatic rings. The summed E-state index contributed by atoms with van der Waals surface area (Å²) in [5.74, 6) is 0.693. The Balaban J connectivity index is 2.25. The SMILES string of the molecule is COc1cc(N2CCCO2)ccc1N. The van der Waals surface area contributed by atoms with E-state index in [2.05, 4.69) is 0 Å². The number of hydrogen-bond acceptors (Lipinski definition) is 4. The highest BCUT2D eigenvalue weighted by atomic mass is 16.7. The van der Waals surface area contributed by atoms with Crippen LogP contribution in [-0.4, -0.2) is 20.3 Å². The van der Waals surface area contributed by atoms with Crippen LogP contribution in [0.15, 0.2) is 18.2 Å². The van der Waals surface area contributed by atoms with Crippen molar-refractivity contribution in [2.24, 2.45) is 0 Å². The van der Waals surface area contributed by atoms with Gasteiger partial charge >= 0.3 is 0 Å². The topological polar surface area (TPSA) is 47.7 Å². The molecule has 1 aliphatic rings. The van der Waals surface area contributed by atoms with Crippen LogP contribution in [0.25, 0.3) is 0 Å². The molecule has 4 heteroatoms. The summed E-state index contributed by atoms with van der Waals surface area (Å²) >= 11 is 0. The van der Waals surface area contributed by atoms with E-state index in [1.807, 2.05) is 23.3 Å². The van der Waals surface area contributed by atoms with Gasteiger partial charge in [0.25, 0.3) is 0 Å². The third-order valence-corrected chi connectivity index (χ3v) is 2.26. The van der Waals surface area contributed by atoms with E-state index in [1.165, 1.54) is 0 Å². The van der Waals surface area contributed by atoms with E-state index < -0.39 is 0 Å². The van der Waals surface area contributed by atoms with Crippen LogP contribution in [0.4, 0.5) is 11.4 Å². The van der Waals surface area contributed by atoms with Gasteiger partial charge in [0.05, 0.1) is 25.1 Å². The molecule has 0 atom stereocenters. The van der Waals surface area contributed by atoms with Crippen molar-refractivity contribution in [2.75, 3.05) is 31.1 Å². The maximum Gasteiger partial charge on any atom is 0.143 e. The Morgan fingerprint density at radius 3 is 3.00 bits per heavy atom. The first-order chi connectivity index (χ1) is 6.81. The third kappa shape index (κ3) is 1.61. The normalized spacial score (nSPS) is 15.9. The molecule has 4 nitrogen and oxygen atoms in total. The fourth-order valence-electron chi connectivity index (χ4n) is 1.51. The number of hydrogen-bond donors (Lipinski definition) is 1. The van der Waals surface area contributed by atoms with Crippen molar-refractivity contribution in [1.82, 2.24) is 0 Å². The van der Waals surface area contributed by atoms with Crippen molar-refractivity contribution in [1.29, 1.82) is 0 Å². The zero-order valence-electron chi connectivity index (χ0n) is 8.19. The minimum Gasteiger partial charge on any atom is -0.495 e. The minimum atomic E-state index is 0.649. The predicted octanol–water partition coefficient (Wildman–Crippen LogP) is 1.42. The van der Waals surface area contributed by atoms with Crippen LogP contribution in [0.3, 0.4) is 0 Å². The summed E-state index contributed by atoms with van der Waals surface area (Å²) in [5, 5.41) is 1.86. The monoisotopic (exact) mass is 194 g/mol. The van der Waals surface area contributed by atoms with Crippen LogP contribution in [0.1, 0.15) is 6.42 Å². The minimum absolute atomic E-state index is 0.649. The maximum absolute atomic E-state index is 5.71. The van der Waals surface area contributed by atoms with Gasteiger partial charge in [-0.2, -0.15) is 0 Å². The van der Waals surface area contributed by atoms with Gasteiger partial charge in [-0.15, -0.1) is 0 Å². The smallest absolute Gasteiger partial charge is 0.143 e. The second-order valence-corrected chi connectivity index (χ2v) is 3.22. The van der Waals surface area contributed by atoms with Gasteiger partial charge in [-0.25, -0.2) is 0 Å². The molecule has 14 heavy (non-hydrogen) atoms. The molecular formula is C10H14N2O2. The van der Waals surface area contributed by atoms with Crippen LogP contribution in [0.5, 0.6) is 5.75 Å². The molecular weight excluding hydrogens is 180 g/mol. The maximum atomic E-state index is 5.71. The lowest BCUT2D eigenvalue weighted by Crippen LogP contribution is -2.16. The van der Waals surface area contributed by atoms with Crippen molar-refractivity contribution in [3.8, 4) is 5.75 Å². The zero-order valence-corrected chi connectivity index (χ0v) is 8.19. The number of nitrogens with zero attached hydrogens (tertiary/aromatic N) is 1. The van der Waals surface area contributed by atoms with Gasteiger partial charge in [-0.05, 0) is 18.6 Å². The first-order valence-corrected chi connectivity index (χ1v) is 4.65. The van der Waals surface area contributed by atoms with Gasteiger partial charge in [-0.3, -0.25) is 9.90 Å². The molecule has 1 heterocycles. The fraction of sp³-hybridized carbons (Fsp3) is 0.400. The molecule has 2 rings (SSSR count). The Kier molecular flexibility index (Phi) is 2.45. The molecule has 0 bridgehead atoms. The van der Waals surface area contributed by atoms with Crippen molar-refractivity contribution < 1.29 is 9.57 Å². The molecule has 1 saturated heterocycles. The van der Waals surface area contributed by atoms with Crippen LogP contribution in [-0.2, 0) is 4.84 Å². The van der Waals surface area contributed by atoms with Gasteiger partial charge in [0.15, 0.2) is 0 Å². The van der Waals surface area contributed by atoms with E-state index >= 15 is 0 Å². The molecule has 0 saturated carbocycles. The van der Waals surface area contributed by atoms with Crippen LogP contribution >= 0.6 is 0 Å². The van der Waals surface area contributed by atoms with Crippen LogP contribution in [0.2, 0.25) is 0 Å². The number of methoxy groups -OCH3 is 1. The highest BCUT2D eigenvalue weighted by Crippen LogP contribution is 2.28. The lowest BCUT2D eigenvalue weighted by molar-refractivity contribution is 0.168. The van der Waals surface area contributed by atoms with E-state index in [9.17, 15) is 0 Å². The number of nitrogen functional groups attached to an aromatic ring is 1. The van der Waals surface area contributed by atoms with Crippen molar-refractivity contribution in [3.05, 3.63) is 18.2 Å². The quantitative estimate of drug-likeness (QED) is 0.723. The fourth-order valence-corrected chi connectivity index (χ4v) is 1.51. The first-order valence-electron chi connectivity index (χ1n) is 4.65. The van der Waals surface area contributed by atoms with Gasteiger partial charge in [0.2, 0.25) is 0 Å². The summed E-state index contributed by atoms with van der Waals surface area (Å²) in [7, 11) is 1.61. The van der Waals surface area contributed by atoms with Gasteiger partial charge in [0.1, 0.15) is 5.75 Å². The summed E-state index contributed by atoms with van der Waals surface area (Å²) in [6.07, 6.45) is 1.06. The lowest BCUT2D eigenvalue weighted by atomic mass is 10.2. The summed E-state index contributed by atoms with van der Waals surface area (Å²) in [6, 6.07) is 5.65. The zero-order chi connectivity index (χ0) is 9.97. The van der Waals surface area contributed by atoms with Crippen molar-refractivity contribution >= 4 is 11.4 Å². The first kappa shape index (κ1) is 9.15. The van der Waals surface area contributed by atoms with Crippen LogP contribution < -0.4 is 15.5 Å². The highest BCUT2D eigenvalue weighted by molar-refractivity contribution is 5.61. The summed E-state index contributed by atoms with van der Waals surface area (Å²) in [4.78, 5) is 5.42. The number of rotatable bonds is 2.